The molecule has 0 saturated heterocycles. The van der Waals surface area contributed by atoms with Gasteiger partial charge in [0.1, 0.15) is 0 Å². The van der Waals surface area contributed by atoms with Crippen LogP contribution >= 0.6 is 0 Å². The Hall–Kier alpha value is -3.68. The van der Waals surface area contributed by atoms with Gasteiger partial charge < -0.3 is 5.32 Å². The van der Waals surface area contributed by atoms with Crippen molar-refractivity contribution in [1.82, 2.24) is 29.7 Å². The fraction of sp³-hybridized carbons (Fsp3) is 0.111. The van der Waals surface area contributed by atoms with Crippen LogP contribution in [0.2, 0.25) is 0 Å². The minimum absolute atomic E-state index is 0.159. The molecule has 0 aliphatic carbocycles. The quantitative estimate of drug-likeness (QED) is 0.566. The van der Waals surface area contributed by atoms with E-state index in [1.54, 1.807) is 47.4 Å². The molecule has 0 fully saturated rings. The van der Waals surface area contributed by atoms with Crippen molar-refractivity contribution < 1.29 is 4.79 Å². The summed E-state index contributed by atoms with van der Waals surface area (Å²) in [4.78, 5) is 28.7. The molecule has 4 aromatic rings. The maximum absolute atomic E-state index is 12.5. The van der Waals surface area contributed by atoms with E-state index in [4.69, 9.17) is 0 Å². The number of carbonyl (C=O) groups excluding carboxylic acids is 1. The average molecular weight is 348 g/mol. The molecule has 1 aromatic carbocycles. The van der Waals surface area contributed by atoms with Gasteiger partial charge in [0.2, 0.25) is 0 Å². The van der Waals surface area contributed by atoms with Gasteiger partial charge in [-0.25, -0.2) is 9.50 Å². The van der Waals surface area contributed by atoms with Crippen LogP contribution in [0.4, 0.5) is 0 Å². The van der Waals surface area contributed by atoms with Crippen LogP contribution in [0, 0.1) is 0 Å². The molecule has 2 N–H and O–H groups in total. The van der Waals surface area contributed by atoms with E-state index in [-0.39, 0.29) is 11.5 Å². The Balaban J connectivity index is 1.45. The van der Waals surface area contributed by atoms with Crippen LogP contribution < -0.4 is 10.9 Å². The van der Waals surface area contributed by atoms with Crippen LogP contribution in [0.25, 0.3) is 11.5 Å². The lowest BCUT2D eigenvalue weighted by Crippen LogP contribution is -2.27. The molecule has 26 heavy (non-hydrogen) atoms. The topological polar surface area (TPSA) is 97.1 Å². The summed E-state index contributed by atoms with van der Waals surface area (Å²) in [5.74, 6) is 0.314. The monoisotopic (exact) mass is 348 g/mol. The fourth-order valence-electron chi connectivity index (χ4n) is 2.68. The smallest absolute Gasteiger partial charge is 0.275 e. The number of nitrogens with zero attached hydrogens (tertiary/aromatic N) is 4. The first-order valence-electron chi connectivity index (χ1n) is 8.16. The Morgan fingerprint density at radius 1 is 1.15 bits per heavy atom. The first kappa shape index (κ1) is 15.8. The maximum atomic E-state index is 12.5. The Morgan fingerprint density at radius 3 is 2.85 bits per heavy atom. The molecule has 8 nitrogen and oxygen atoms in total. The number of rotatable bonds is 5. The lowest BCUT2D eigenvalue weighted by molar-refractivity contribution is 0.0954. The lowest BCUT2D eigenvalue weighted by Gasteiger charge is -2.03. The van der Waals surface area contributed by atoms with Crippen LogP contribution in [0.3, 0.4) is 0 Å². The fourth-order valence-corrected chi connectivity index (χ4v) is 2.68. The lowest BCUT2D eigenvalue weighted by atomic mass is 10.2. The molecule has 3 aromatic heterocycles. The van der Waals surface area contributed by atoms with Crippen molar-refractivity contribution in [1.29, 1.82) is 0 Å². The normalized spacial score (nSPS) is 10.9. The number of amides is 1. The molecular formula is C18H16N6O2. The van der Waals surface area contributed by atoms with Crippen molar-refractivity contribution in [2.45, 2.75) is 6.42 Å². The highest BCUT2D eigenvalue weighted by molar-refractivity contribution is 5.94. The summed E-state index contributed by atoms with van der Waals surface area (Å²) < 4.78 is 2.97. The summed E-state index contributed by atoms with van der Waals surface area (Å²) in [6.07, 6.45) is 5.42. The Kier molecular flexibility index (Phi) is 4.06. The van der Waals surface area contributed by atoms with E-state index in [9.17, 15) is 9.59 Å². The zero-order valence-electron chi connectivity index (χ0n) is 13.8. The van der Waals surface area contributed by atoms with E-state index >= 15 is 0 Å². The van der Waals surface area contributed by atoms with Gasteiger partial charge in [0.05, 0.1) is 0 Å². The SMILES string of the molecule is O=C(NCCc1c[nH]n(-c2ccc3nccn3n2)c1=O)c1ccccc1. The van der Waals surface area contributed by atoms with Crippen LogP contribution in [-0.4, -0.2) is 36.8 Å². The number of aromatic amines is 1. The molecule has 8 heteroatoms. The number of nitrogens with one attached hydrogen (secondary N) is 2. The zero-order chi connectivity index (χ0) is 17.9. The van der Waals surface area contributed by atoms with E-state index in [2.05, 4.69) is 20.5 Å². The van der Waals surface area contributed by atoms with E-state index in [0.717, 1.165) is 0 Å². The predicted molar refractivity (Wildman–Crippen MR) is 95.4 cm³/mol. The third-order valence-electron chi connectivity index (χ3n) is 4.03. The molecule has 0 bridgehead atoms. The van der Waals surface area contributed by atoms with Gasteiger partial charge in [-0.05, 0) is 30.7 Å². The van der Waals surface area contributed by atoms with Crippen molar-refractivity contribution in [2.75, 3.05) is 6.54 Å². The minimum atomic E-state index is -0.189. The molecule has 0 aliphatic rings. The number of hydrogen-bond donors (Lipinski definition) is 2. The van der Waals surface area contributed by atoms with Gasteiger partial charge in [-0.15, -0.1) is 5.10 Å². The van der Waals surface area contributed by atoms with Crippen molar-refractivity contribution in [3.63, 3.8) is 0 Å². The van der Waals surface area contributed by atoms with Crippen LogP contribution in [0.1, 0.15) is 15.9 Å². The number of imidazole rings is 1. The molecule has 0 atom stereocenters. The maximum Gasteiger partial charge on any atom is 0.275 e. The number of H-pyrrole nitrogens is 1. The number of aromatic nitrogens is 5. The van der Waals surface area contributed by atoms with E-state index in [1.165, 1.54) is 4.68 Å². The number of carbonyl (C=O) groups is 1. The molecule has 0 spiro atoms. The summed E-state index contributed by atoms with van der Waals surface area (Å²) >= 11 is 0. The van der Waals surface area contributed by atoms with Gasteiger partial charge in [0, 0.05) is 36.3 Å². The van der Waals surface area contributed by atoms with Gasteiger partial charge in [0.15, 0.2) is 11.5 Å². The van der Waals surface area contributed by atoms with Gasteiger partial charge >= 0.3 is 0 Å². The van der Waals surface area contributed by atoms with Crippen molar-refractivity contribution in [3.8, 4) is 5.82 Å². The van der Waals surface area contributed by atoms with Crippen molar-refractivity contribution in [3.05, 3.63) is 82.5 Å². The highest BCUT2D eigenvalue weighted by atomic mass is 16.1. The third-order valence-corrected chi connectivity index (χ3v) is 4.03. The van der Waals surface area contributed by atoms with Crippen LogP contribution in [-0.2, 0) is 6.42 Å². The molecule has 130 valence electrons. The summed E-state index contributed by atoms with van der Waals surface area (Å²) in [6.45, 7) is 0.370. The second kappa shape index (κ2) is 6.67. The van der Waals surface area contributed by atoms with Crippen molar-refractivity contribution in [2.24, 2.45) is 0 Å². The average Bonchev–Trinajstić information content (AvgIpc) is 3.28. The summed E-state index contributed by atoms with van der Waals surface area (Å²) in [7, 11) is 0. The first-order valence-corrected chi connectivity index (χ1v) is 8.16. The van der Waals surface area contributed by atoms with E-state index < -0.39 is 0 Å². The van der Waals surface area contributed by atoms with Crippen molar-refractivity contribution >= 4 is 11.6 Å². The largest absolute Gasteiger partial charge is 0.352 e. The Bertz CT molecular complexity index is 1110. The number of hydrogen-bond acceptors (Lipinski definition) is 4. The molecular weight excluding hydrogens is 332 g/mol. The summed E-state index contributed by atoms with van der Waals surface area (Å²) in [5.41, 5.74) is 1.69. The van der Waals surface area contributed by atoms with Gasteiger partial charge in [-0.1, -0.05) is 18.2 Å². The summed E-state index contributed by atoms with van der Waals surface area (Å²) in [5, 5.41) is 10.1. The van der Waals surface area contributed by atoms with Crippen LogP contribution in [0.15, 0.2) is 65.8 Å². The summed E-state index contributed by atoms with van der Waals surface area (Å²) in [6, 6.07) is 12.5. The Morgan fingerprint density at radius 2 is 2.00 bits per heavy atom. The molecule has 0 aliphatic heterocycles. The molecule has 4 rings (SSSR count). The standard InChI is InChI=1S/C18H16N6O2/c25-17(13-4-2-1-3-5-13)20-9-8-14-12-21-24(18(14)26)16-7-6-15-19-10-11-23(15)22-16/h1-7,10-12,21H,8-9H2,(H,20,25). The van der Waals surface area contributed by atoms with E-state index in [0.29, 0.717) is 35.6 Å². The second-order valence-electron chi connectivity index (χ2n) is 5.73. The Labute approximate surface area is 148 Å². The minimum Gasteiger partial charge on any atom is -0.352 e. The number of fused-ring (bicyclic) bond motifs is 1. The highest BCUT2D eigenvalue weighted by Gasteiger charge is 2.10. The third kappa shape index (κ3) is 3.00. The highest BCUT2D eigenvalue weighted by Crippen LogP contribution is 2.04. The molecule has 0 saturated carbocycles. The van der Waals surface area contributed by atoms with Gasteiger partial charge in [0.25, 0.3) is 11.5 Å². The zero-order valence-corrected chi connectivity index (χ0v) is 13.8. The molecule has 3 heterocycles. The van der Waals surface area contributed by atoms with Gasteiger partial charge in [-0.2, -0.15) is 4.68 Å². The second-order valence-corrected chi connectivity index (χ2v) is 5.73. The van der Waals surface area contributed by atoms with Gasteiger partial charge in [-0.3, -0.25) is 14.7 Å². The van der Waals surface area contributed by atoms with Crippen LogP contribution in [0.5, 0.6) is 0 Å². The molecule has 1 amide bonds. The molecule has 0 unspecified atom stereocenters. The predicted octanol–water partition coefficient (Wildman–Crippen LogP) is 1.18. The molecule has 0 radical (unpaired) electrons. The first-order chi connectivity index (χ1) is 12.7. The van der Waals surface area contributed by atoms with E-state index in [1.807, 2.05) is 18.2 Å². The number of benzene rings is 1.